The van der Waals surface area contributed by atoms with Crippen molar-refractivity contribution in [3.63, 3.8) is 0 Å². The van der Waals surface area contributed by atoms with E-state index in [9.17, 15) is 17.6 Å². The lowest BCUT2D eigenvalue weighted by molar-refractivity contribution is -0.120. The number of carbonyl (C=O) groups is 1. The number of hydrogen-bond acceptors (Lipinski definition) is 3. The Bertz CT molecular complexity index is 878. The van der Waals surface area contributed by atoms with Gasteiger partial charge in [0.15, 0.2) is 0 Å². The van der Waals surface area contributed by atoms with Crippen molar-refractivity contribution in [3.05, 3.63) is 59.9 Å². The van der Waals surface area contributed by atoms with Crippen LogP contribution in [0.25, 0.3) is 0 Å². The summed E-state index contributed by atoms with van der Waals surface area (Å²) >= 11 is 0. The minimum absolute atomic E-state index is 0.0714. The Hall–Kier alpha value is -2.41. The van der Waals surface area contributed by atoms with E-state index >= 15 is 0 Å². The molecule has 0 radical (unpaired) electrons. The predicted molar refractivity (Wildman–Crippen MR) is 105 cm³/mol. The molecule has 1 atom stereocenters. The van der Waals surface area contributed by atoms with E-state index in [-0.39, 0.29) is 29.1 Å². The maximum atomic E-state index is 13.3. The van der Waals surface area contributed by atoms with Crippen LogP contribution in [-0.4, -0.2) is 26.9 Å². The molecule has 0 bridgehead atoms. The minimum Gasteiger partial charge on any atom is -0.352 e. The van der Waals surface area contributed by atoms with Crippen molar-refractivity contribution in [2.45, 2.75) is 38.6 Å². The molecule has 0 aliphatic rings. The summed E-state index contributed by atoms with van der Waals surface area (Å²) in [5, 5.41) is 2.80. The van der Waals surface area contributed by atoms with E-state index < -0.39 is 21.7 Å². The van der Waals surface area contributed by atoms with E-state index in [0.29, 0.717) is 0 Å². The van der Waals surface area contributed by atoms with Crippen LogP contribution in [0.2, 0.25) is 0 Å². The molecule has 0 fully saturated rings. The fourth-order valence-electron chi connectivity index (χ4n) is 2.36. The molecular formula is C20H25FN2O3S. The molecule has 0 saturated heterocycles. The molecule has 146 valence electrons. The lowest BCUT2D eigenvalue weighted by atomic mass is 10.1. The van der Waals surface area contributed by atoms with Crippen molar-refractivity contribution in [2.75, 3.05) is 10.8 Å². The van der Waals surface area contributed by atoms with Gasteiger partial charge in [0.1, 0.15) is 12.4 Å². The maximum Gasteiger partial charge on any atom is 0.264 e. The highest BCUT2D eigenvalue weighted by Gasteiger charge is 2.27. The highest BCUT2D eigenvalue weighted by molar-refractivity contribution is 7.92. The molecule has 0 aliphatic carbocycles. The fourth-order valence-corrected chi connectivity index (χ4v) is 3.78. The molecule has 0 spiro atoms. The first-order valence-electron chi connectivity index (χ1n) is 8.75. The smallest absolute Gasteiger partial charge is 0.264 e. The summed E-state index contributed by atoms with van der Waals surface area (Å²) in [5.41, 5.74) is 1.15. The monoisotopic (exact) mass is 392 g/mol. The van der Waals surface area contributed by atoms with Gasteiger partial charge in [-0.15, -0.1) is 0 Å². The van der Waals surface area contributed by atoms with Crippen LogP contribution in [0, 0.1) is 18.7 Å². The third-order valence-corrected chi connectivity index (χ3v) is 6.19. The Morgan fingerprint density at radius 2 is 1.59 bits per heavy atom. The number of nitrogens with zero attached hydrogens (tertiary/aromatic N) is 1. The first-order valence-corrected chi connectivity index (χ1v) is 10.2. The Labute approximate surface area is 160 Å². The minimum atomic E-state index is -3.98. The van der Waals surface area contributed by atoms with E-state index in [0.717, 1.165) is 9.87 Å². The molecule has 1 N–H and O–H groups in total. The van der Waals surface area contributed by atoms with E-state index in [1.54, 1.807) is 12.1 Å². The molecule has 2 aromatic carbocycles. The topological polar surface area (TPSA) is 66.5 Å². The number of carbonyl (C=O) groups excluding carboxylic acids is 1. The average molecular weight is 392 g/mol. The second kappa shape index (κ2) is 8.52. The Morgan fingerprint density at radius 3 is 2.11 bits per heavy atom. The molecule has 2 aromatic rings. The number of anilines is 1. The van der Waals surface area contributed by atoms with Crippen molar-refractivity contribution in [2.24, 2.45) is 5.92 Å². The Morgan fingerprint density at radius 1 is 1.04 bits per heavy atom. The van der Waals surface area contributed by atoms with Crippen LogP contribution >= 0.6 is 0 Å². The largest absolute Gasteiger partial charge is 0.352 e. The molecule has 0 aromatic heterocycles. The van der Waals surface area contributed by atoms with Gasteiger partial charge in [0.05, 0.1) is 10.6 Å². The predicted octanol–water partition coefficient (Wildman–Crippen LogP) is 3.49. The third-order valence-electron chi connectivity index (χ3n) is 4.40. The highest BCUT2D eigenvalue weighted by atomic mass is 32.2. The van der Waals surface area contributed by atoms with Crippen LogP contribution in [-0.2, 0) is 14.8 Å². The van der Waals surface area contributed by atoms with Crippen molar-refractivity contribution < 1.29 is 17.6 Å². The molecule has 0 unspecified atom stereocenters. The van der Waals surface area contributed by atoms with Crippen molar-refractivity contribution in [3.8, 4) is 0 Å². The van der Waals surface area contributed by atoms with Gasteiger partial charge >= 0.3 is 0 Å². The van der Waals surface area contributed by atoms with Crippen LogP contribution in [0.3, 0.4) is 0 Å². The van der Waals surface area contributed by atoms with Crippen molar-refractivity contribution in [1.82, 2.24) is 5.32 Å². The molecule has 1 amide bonds. The summed E-state index contributed by atoms with van der Waals surface area (Å²) < 4.78 is 40.6. The van der Waals surface area contributed by atoms with Gasteiger partial charge in [0.2, 0.25) is 5.91 Å². The zero-order chi connectivity index (χ0) is 20.2. The quantitative estimate of drug-likeness (QED) is 0.784. The summed E-state index contributed by atoms with van der Waals surface area (Å²) in [4.78, 5) is 12.5. The van der Waals surface area contributed by atoms with E-state index in [1.807, 2.05) is 27.7 Å². The van der Waals surface area contributed by atoms with E-state index in [1.165, 1.54) is 36.4 Å². The zero-order valence-electron chi connectivity index (χ0n) is 15.9. The number of amides is 1. The molecule has 7 heteroatoms. The SMILES string of the molecule is Cc1ccc(S(=O)(=O)N(CC(=O)N[C@H](C)C(C)C)c2ccc(F)cc2)cc1. The second-order valence-electron chi connectivity index (χ2n) is 6.90. The number of aryl methyl sites for hydroxylation is 1. The van der Waals surface area contributed by atoms with E-state index in [4.69, 9.17) is 0 Å². The molecule has 27 heavy (non-hydrogen) atoms. The van der Waals surface area contributed by atoms with Crippen LogP contribution in [0.15, 0.2) is 53.4 Å². The van der Waals surface area contributed by atoms with Gasteiger partial charge in [0, 0.05) is 6.04 Å². The second-order valence-corrected chi connectivity index (χ2v) is 8.76. The molecule has 2 rings (SSSR count). The van der Waals surface area contributed by atoms with Crippen LogP contribution < -0.4 is 9.62 Å². The summed E-state index contributed by atoms with van der Waals surface area (Å²) in [6.45, 7) is 7.25. The first-order chi connectivity index (χ1) is 12.6. The fraction of sp³-hybridized carbons (Fsp3) is 0.350. The summed E-state index contributed by atoms with van der Waals surface area (Å²) in [5.74, 6) is -0.692. The Balaban J connectivity index is 2.39. The van der Waals surface area contributed by atoms with E-state index in [2.05, 4.69) is 5.32 Å². The lowest BCUT2D eigenvalue weighted by Crippen LogP contribution is -2.45. The van der Waals surface area contributed by atoms with Crippen molar-refractivity contribution >= 4 is 21.6 Å². The summed E-state index contributed by atoms with van der Waals surface area (Å²) in [6.07, 6.45) is 0. The average Bonchev–Trinajstić information content (AvgIpc) is 2.60. The number of rotatable bonds is 7. The zero-order valence-corrected chi connectivity index (χ0v) is 16.8. The molecule has 5 nitrogen and oxygen atoms in total. The van der Waals surface area contributed by atoms with Gasteiger partial charge in [-0.3, -0.25) is 9.10 Å². The van der Waals surface area contributed by atoms with Gasteiger partial charge in [-0.1, -0.05) is 31.5 Å². The van der Waals surface area contributed by atoms with Crippen molar-refractivity contribution in [1.29, 1.82) is 0 Å². The van der Waals surface area contributed by atoms with Gasteiger partial charge in [-0.2, -0.15) is 0 Å². The molecule has 0 aliphatic heterocycles. The number of nitrogens with one attached hydrogen (secondary N) is 1. The van der Waals surface area contributed by atoms with Gasteiger partial charge in [0.25, 0.3) is 10.0 Å². The summed E-state index contributed by atoms with van der Waals surface area (Å²) in [6, 6.07) is 11.3. The molecule has 0 heterocycles. The molecule has 0 saturated carbocycles. The molecular weight excluding hydrogens is 367 g/mol. The van der Waals surface area contributed by atoms with Gasteiger partial charge in [-0.25, -0.2) is 12.8 Å². The summed E-state index contributed by atoms with van der Waals surface area (Å²) in [7, 11) is -3.98. The number of sulfonamides is 1. The van der Waals surface area contributed by atoms with Crippen LogP contribution in [0.5, 0.6) is 0 Å². The number of hydrogen-bond donors (Lipinski definition) is 1. The highest BCUT2D eigenvalue weighted by Crippen LogP contribution is 2.24. The van der Waals surface area contributed by atoms with Gasteiger partial charge in [-0.05, 0) is 56.2 Å². The normalized spacial score (nSPS) is 12.7. The van der Waals surface area contributed by atoms with Crippen LogP contribution in [0.1, 0.15) is 26.3 Å². The standard InChI is InChI=1S/C20H25FN2O3S/c1-14(2)16(4)22-20(24)13-23(18-9-7-17(21)8-10-18)27(25,26)19-11-5-15(3)6-12-19/h5-12,14,16H,13H2,1-4H3,(H,22,24)/t16-/m1/s1. The maximum absolute atomic E-state index is 13.3. The first kappa shape index (κ1) is 20.9. The lowest BCUT2D eigenvalue weighted by Gasteiger charge is -2.25. The number of halogens is 1. The third kappa shape index (κ3) is 5.29. The van der Waals surface area contributed by atoms with Crippen LogP contribution in [0.4, 0.5) is 10.1 Å². The number of benzene rings is 2. The van der Waals surface area contributed by atoms with Gasteiger partial charge < -0.3 is 5.32 Å². The Kier molecular flexibility index (Phi) is 6.59.